The van der Waals surface area contributed by atoms with Gasteiger partial charge in [0, 0.05) is 23.8 Å². The van der Waals surface area contributed by atoms with E-state index in [1.807, 2.05) is 4.90 Å². The number of nitrogens with zero attached hydrogens (tertiary/aromatic N) is 1. The molecular formula is C14H17ClN2O. The van der Waals surface area contributed by atoms with Crippen LogP contribution in [-0.4, -0.2) is 23.9 Å². The van der Waals surface area contributed by atoms with Crippen LogP contribution in [0.1, 0.15) is 29.6 Å². The number of rotatable bonds is 1. The Morgan fingerprint density at radius 1 is 1.28 bits per heavy atom. The first-order valence-corrected chi connectivity index (χ1v) is 6.87. The van der Waals surface area contributed by atoms with Gasteiger partial charge in [0.25, 0.3) is 5.91 Å². The van der Waals surface area contributed by atoms with Crippen molar-refractivity contribution >= 4 is 23.2 Å². The van der Waals surface area contributed by atoms with Gasteiger partial charge >= 0.3 is 0 Å². The summed E-state index contributed by atoms with van der Waals surface area (Å²) in [5, 5.41) is 0.562. The van der Waals surface area contributed by atoms with Crippen molar-refractivity contribution in [2.75, 3.05) is 18.8 Å². The number of anilines is 1. The zero-order valence-corrected chi connectivity index (χ0v) is 11.0. The van der Waals surface area contributed by atoms with Gasteiger partial charge in [-0.2, -0.15) is 0 Å². The maximum Gasteiger partial charge on any atom is 0.256 e. The van der Waals surface area contributed by atoms with E-state index >= 15 is 0 Å². The zero-order chi connectivity index (χ0) is 12.7. The summed E-state index contributed by atoms with van der Waals surface area (Å²) in [4.78, 5) is 14.4. The molecule has 3 nitrogen and oxygen atoms in total. The van der Waals surface area contributed by atoms with Crippen LogP contribution in [0.2, 0.25) is 5.02 Å². The van der Waals surface area contributed by atoms with Crippen molar-refractivity contribution in [2.45, 2.75) is 19.3 Å². The van der Waals surface area contributed by atoms with Crippen molar-refractivity contribution in [3.05, 3.63) is 28.8 Å². The van der Waals surface area contributed by atoms with Gasteiger partial charge in [-0.15, -0.1) is 0 Å². The van der Waals surface area contributed by atoms with Crippen LogP contribution >= 0.6 is 11.6 Å². The van der Waals surface area contributed by atoms with Gasteiger partial charge in [-0.3, -0.25) is 4.79 Å². The van der Waals surface area contributed by atoms with E-state index in [9.17, 15) is 4.79 Å². The Morgan fingerprint density at radius 2 is 1.94 bits per heavy atom. The zero-order valence-electron chi connectivity index (χ0n) is 10.2. The lowest BCUT2D eigenvalue weighted by Crippen LogP contribution is -2.30. The number of hydrogen-bond donors (Lipinski definition) is 1. The molecule has 2 unspecified atom stereocenters. The highest BCUT2D eigenvalue weighted by Gasteiger charge is 2.38. The summed E-state index contributed by atoms with van der Waals surface area (Å²) in [6.45, 7) is 1.77. The van der Waals surface area contributed by atoms with Gasteiger partial charge in [0.05, 0.1) is 5.56 Å². The maximum atomic E-state index is 12.4. The minimum absolute atomic E-state index is 0.0319. The Balaban J connectivity index is 1.81. The highest BCUT2D eigenvalue weighted by atomic mass is 35.5. The molecule has 18 heavy (non-hydrogen) atoms. The number of benzene rings is 1. The predicted octanol–water partition coefficient (Wildman–Crippen LogP) is 2.79. The lowest BCUT2D eigenvalue weighted by atomic mass is 10.0. The molecule has 3 rings (SSSR count). The highest BCUT2D eigenvalue weighted by Crippen LogP contribution is 2.38. The summed E-state index contributed by atoms with van der Waals surface area (Å²) in [5.74, 6) is 1.44. The third-order valence-electron chi connectivity index (χ3n) is 4.26. The van der Waals surface area contributed by atoms with E-state index in [-0.39, 0.29) is 5.91 Å². The Hall–Kier alpha value is -1.22. The fourth-order valence-electron chi connectivity index (χ4n) is 3.28. The summed E-state index contributed by atoms with van der Waals surface area (Å²) in [7, 11) is 0. The molecule has 96 valence electrons. The molecule has 1 aliphatic carbocycles. The second-order valence-corrected chi connectivity index (χ2v) is 5.83. The molecule has 0 radical (unpaired) electrons. The standard InChI is InChI=1S/C14H17ClN2O/c15-11-4-5-13(16)12(6-11)14(18)17-7-9-2-1-3-10(9)8-17/h4-6,9-10H,1-3,7-8,16H2. The number of likely N-dealkylation sites (tertiary alicyclic amines) is 1. The molecule has 4 heteroatoms. The second-order valence-electron chi connectivity index (χ2n) is 5.39. The molecule has 1 heterocycles. The molecule has 1 saturated carbocycles. The molecule has 1 amide bonds. The molecule has 0 aromatic heterocycles. The van der Waals surface area contributed by atoms with E-state index in [0.717, 1.165) is 13.1 Å². The molecule has 2 N–H and O–H groups in total. The van der Waals surface area contributed by atoms with Gasteiger partial charge in [-0.1, -0.05) is 18.0 Å². The van der Waals surface area contributed by atoms with Crippen LogP contribution in [0.4, 0.5) is 5.69 Å². The second kappa shape index (κ2) is 4.47. The minimum atomic E-state index is 0.0319. The summed E-state index contributed by atoms with van der Waals surface area (Å²) < 4.78 is 0. The third-order valence-corrected chi connectivity index (χ3v) is 4.49. The van der Waals surface area contributed by atoms with E-state index in [4.69, 9.17) is 17.3 Å². The highest BCUT2D eigenvalue weighted by molar-refractivity contribution is 6.31. The largest absolute Gasteiger partial charge is 0.398 e. The average molecular weight is 265 g/mol. The number of carbonyl (C=O) groups is 1. The summed E-state index contributed by atoms with van der Waals surface area (Å²) >= 11 is 5.94. The number of halogens is 1. The van der Waals surface area contributed by atoms with Crippen molar-refractivity contribution in [3.63, 3.8) is 0 Å². The average Bonchev–Trinajstić information content (AvgIpc) is 2.91. The van der Waals surface area contributed by atoms with E-state index in [2.05, 4.69) is 0 Å². The van der Waals surface area contributed by atoms with Gasteiger partial charge < -0.3 is 10.6 Å². The molecule has 1 saturated heterocycles. The Kier molecular flexibility index (Phi) is 2.94. The monoisotopic (exact) mass is 264 g/mol. The van der Waals surface area contributed by atoms with Crippen molar-refractivity contribution in [3.8, 4) is 0 Å². The number of amides is 1. The molecule has 0 spiro atoms. The van der Waals surface area contributed by atoms with E-state index in [1.165, 1.54) is 19.3 Å². The van der Waals surface area contributed by atoms with Crippen LogP contribution in [0, 0.1) is 11.8 Å². The molecule has 2 fully saturated rings. The van der Waals surface area contributed by atoms with Gasteiger partial charge in [0.1, 0.15) is 0 Å². The summed E-state index contributed by atoms with van der Waals surface area (Å²) in [6.07, 6.45) is 3.84. The van der Waals surface area contributed by atoms with Gasteiger partial charge in [-0.05, 0) is 42.9 Å². The Labute approximate surface area is 112 Å². The van der Waals surface area contributed by atoms with Crippen LogP contribution in [-0.2, 0) is 0 Å². The van der Waals surface area contributed by atoms with Crippen molar-refractivity contribution < 1.29 is 4.79 Å². The van der Waals surface area contributed by atoms with E-state index in [1.54, 1.807) is 18.2 Å². The molecule has 1 aromatic rings. The molecule has 2 aliphatic rings. The normalized spacial score (nSPS) is 26.4. The number of carbonyl (C=O) groups excluding carboxylic acids is 1. The lowest BCUT2D eigenvalue weighted by Gasteiger charge is -2.18. The van der Waals surface area contributed by atoms with Crippen molar-refractivity contribution in [2.24, 2.45) is 11.8 Å². The number of nitrogen functional groups attached to an aromatic ring is 1. The van der Waals surface area contributed by atoms with Crippen LogP contribution in [0.25, 0.3) is 0 Å². The minimum Gasteiger partial charge on any atom is -0.398 e. The van der Waals surface area contributed by atoms with Crippen molar-refractivity contribution in [1.29, 1.82) is 0 Å². The predicted molar refractivity (Wildman–Crippen MR) is 72.6 cm³/mol. The Bertz CT molecular complexity index is 477. The first-order chi connectivity index (χ1) is 8.65. The Morgan fingerprint density at radius 3 is 2.61 bits per heavy atom. The molecule has 0 bridgehead atoms. The van der Waals surface area contributed by atoms with Crippen LogP contribution in [0.3, 0.4) is 0 Å². The number of nitrogens with two attached hydrogens (primary N) is 1. The maximum absolute atomic E-state index is 12.4. The number of hydrogen-bond acceptors (Lipinski definition) is 2. The van der Waals surface area contributed by atoms with Gasteiger partial charge in [-0.25, -0.2) is 0 Å². The fraction of sp³-hybridized carbons (Fsp3) is 0.500. The van der Waals surface area contributed by atoms with Crippen molar-refractivity contribution in [1.82, 2.24) is 4.90 Å². The topological polar surface area (TPSA) is 46.3 Å². The smallest absolute Gasteiger partial charge is 0.256 e. The van der Waals surface area contributed by atoms with Gasteiger partial charge in [0.2, 0.25) is 0 Å². The van der Waals surface area contributed by atoms with Crippen LogP contribution in [0.15, 0.2) is 18.2 Å². The first kappa shape index (κ1) is 11.8. The number of fused-ring (bicyclic) bond motifs is 1. The SMILES string of the molecule is Nc1ccc(Cl)cc1C(=O)N1CC2CCCC2C1. The summed E-state index contributed by atoms with van der Waals surface area (Å²) in [6, 6.07) is 5.09. The quantitative estimate of drug-likeness (QED) is 0.793. The first-order valence-electron chi connectivity index (χ1n) is 6.49. The molecule has 2 atom stereocenters. The summed E-state index contributed by atoms with van der Waals surface area (Å²) in [5.41, 5.74) is 6.93. The molecular weight excluding hydrogens is 248 g/mol. The van der Waals surface area contributed by atoms with Crippen LogP contribution in [0.5, 0.6) is 0 Å². The fourth-order valence-corrected chi connectivity index (χ4v) is 3.46. The van der Waals surface area contributed by atoms with Gasteiger partial charge in [0.15, 0.2) is 0 Å². The molecule has 1 aromatic carbocycles. The lowest BCUT2D eigenvalue weighted by molar-refractivity contribution is 0.0781. The van der Waals surface area contributed by atoms with E-state index < -0.39 is 0 Å². The molecule has 1 aliphatic heterocycles. The third kappa shape index (κ3) is 1.97. The van der Waals surface area contributed by atoms with E-state index in [0.29, 0.717) is 28.1 Å². The van der Waals surface area contributed by atoms with Crippen LogP contribution < -0.4 is 5.73 Å².